The van der Waals surface area contributed by atoms with Gasteiger partial charge in [0.2, 0.25) is 15.9 Å². The highest BCUT2D eigenvalue weighted by atomic mass is 32.2. The summed E-state index contributed by atoms with van der Waals surface area (Å²) >= 11 is 1.36. The van der Waals surface area contributed by atoms with E-state index in [4.69, 9.17) is 0 Å². The summed E-state index contributed by atoms with van der Waals surface area (Å²) in [5.74, 6) is -0.405. The van der Waals surface area contributed by atoms with E-state index < -0.39 is 15.9 Å². The molecule has 3 rings (SSSR count). The van der Waals surface area contributed by atoms with Crippen LogP contribution in [0.1, 0.15) is 13.8 Å². The van der Waals surface area contributed by atoms with E-state index in [1.807, 2.05) is 0 Å². The number of rotatable bonds is 7. The van der Waals surface area contributed by atoms with Crippen molar-refractivity contribution in [1.29, 1.82) is 0 Å². The van der Waals surface area contributed by atoms with Crippen molar-refractivity contribution >= 4 is 43.2 Å². The van der Waals surface area contributed by atoms with Gasteiger partial charge in [-0.25, -0.2) is 13.4 Å². The van der Waals surface area contributed by atoms with E-state index in [-0.39, 0.29) is 17.0 Å². The predicted molar refractivity (Wildman–Crippen MR) is 109 cm³/mol. The Morgan fingerprint density at radius 1 is 1.18 bits per heavy atom. The zero-order valence-electron chi connectivity index (χ0n) is 15.5. The molecular formula is C18H20N4O4S2. The number of hydrogen-bond acceptors (Lipinski definition) is 6. The minimum absolute atomic E-state index is 0.164. The minimum Gasteiger partial charge on any atom is -0.325 e. The van der Waals surface area contributed by atoms with Crippen LogP contribution in [-0.4, -0.2) is 41.3 Å². The average molecular weight is 421 g/mol. The van der Waals surface area contributed by atoms with E-state index >= 15 is 0 Å². The predicted octanol–water partition coefficient (Wildman–Crippen LogP) is 2.13. The number of benzene rings is 1. The summed E-state index contributed by atoms with van der Waals surface area (Å²) < 4.78 is 27.6. The third kappa shape index (κ3) is 3.98. The second kappa shape index (κ2) is 8.21. The van der Waals surface area contributed by atoms with Gasteiger partial charge in [0, 0.05) is 18.8 Å². The Morgan fingerprint density at radius 2 is 1.86 bits per heavy atom. The Kier molecular flexibility index (Phi) is 5.92. The first-order chi connectivity index (χ1) is 13.4. The Labute approximate surface area is 166 Å². The van der Waals surface area contributed by atoms with E-state index in [1.165, 1.54) is 50.8 Å². The summed E-state index contributed by atoms with van der Waals surface area (Å²) in [5.41, 5.74) is 0.170. The van der Waals surface area contributed by atoms with Crippen LogP contribution in [0, 0.1) is 0 Å². The third-order valence-corrected chi connectivity index (χ3v) is 7.13. The normalized spacial score (nSPS) is 11.8. The van der Waals surface area contributed by atoms with Crippen LogP contribution in [0.25, 0.3) is 10.2 Å². The smallest absolute Gasteiger partial charge is 0.262 e. The highest BCUT2D eigenvalue weighted by molar-refractivity contribution is 7.89. The number of carbonyl (C=O) groups excluding carboxylic acids is 1. The summed E-state index contributed by atoms with van der Waals surface area (Å²) in [7, 11) is -3.55. The fourth-order valence-corrected chi connectivity index (χ4v) is 4.97. The molecule has 0 fully saturated rings. The Hall–Kier alpha value is -2.56. The number of aromatic nitrogens is 2. The van der Waals surface area contributed by atoms with Crippen LogP contribution in [0.2, 0.25) is 0 Å². The maximum atomic E-state index is 12.5. The Balaban J connectivity index is 1.72. The lowest BCUT2D eigenvalue weighted by Gasteiger charge is -2.18. The lowest BCUT2D eigenvalue weighted by Crippen LogP contribution is -2.30. The van der Waals surface area contributed by atoms with Gasteiger partial charge in [-0.05, 0) is 35.7 Å². The lowest BCUT2D eigenvalue weighted by atomic mass is 10.3. The first kappa shape index (κ1) is 20.2. The van der Waals surface area contributed by atoms with E-state index in [1.54, 1.807) is 25.3 Å². The summed E-state index contributed by atoms with van der Waals surface area (Å²) in [6, 6.07) is 7.64. The van der Waals surface area contributed by atoms with Gasteiger partial charge in [-0.1, -0.05) is 13.8 Å². The van der Waals surface area contributed by atoms with Crippen LogP contribution < -0.4 is 10.9 Å². The van der Waals surface area contributed by atoms with E-state index in [9.17, 15) is 18.0 Å². The SMILES string of the molecule is CCN(CC)S(=O)(=O)c1ccc(NC(=O)Cn2cnc3sccc3c2=O)cc1. The first-order valence-corrected chi connectivity index (χ1v) is 11.0. The van der Waals surface area contributed by atoms with Gasteiger partial charge in [-0.3, -0.25) is 14.2 Å². The first-order valence-electron chi connectivity index (χ1n) is 8.69. The van der Waals surface area contributed by atoms with Crippen molar-refractivity contribution in [3.05, 3.63) is 52.4 Å². The van der Waals surface area contributed by atoms with Crippen molar-refractivity contribution in [2.45, 2.75) is 25.3 Å². The molecule has 10 heteroatoms. The van der Waals surface area contributed by atoms with Gasteiger partial charge in [-0.2, -0.15) is 4.31 Å². The number of carbonyl (C=O) groups is 1. The van der Waals surface area contributed by atoms with Crippen LogP contribution >= 0.6 is 11.3 Å². The van der Waals surface area contributed by atoms with Crippen LogP contribution in [0.15, 0.2) is 51.7 Å². The molecule has 148 valence electrons. The maximum Gasteiger partial charge on any atom is 0.262 e. The molecule has 1 N–H and O–H groups in total. The lowest BCUT2D eigenvalue weighted by molar-refractivity contribution is -0.116. The molecule has 0 spiro atoms. The zero-order chi connectivity index (χ0) is 20.3. The standard InChI is InChI=1S/C18H20N4O4S2/c1-3-22(4-2)28(25,26)14-7-5-13(6-8-14)20-16(23)11-21-12-19-17-15(18(21)24)9-10-27-17/h5-10,12H,3-4,11H2,1-2H3,(H,20,23). The van der Waals surface area contributed by atoms with E-state index in [0.29, 0.717) is 29.0 Å². The average Bonchev–Trinajstić information content (AvgIpc) is 3.15. The van der Waals surface area contributed by atoms with E-state index in [2.05, 4.69) is 10.3 Å². The summed E-state index contributed by atoms with van der Waals surface area (Å²) in [4.78, 5) is 29.6. The second-order valence-electron chi connectivity index (χ2n) is 5.98. The Morgan fingerprint density at radius 3 is 2.50 bits per heavy atom. The molecule has 0 aliphatic heterocycles. The van der Waals surface area contributed by atoms with Crippen LogP contribution in [0.5, 0.6) is 0 Å². The van der Waals surface area contributed by atoms with Gasteiger partial charge in [0.15, 0.2) is 0 Å². The fraction of sp³-hybridized carbons (Fsp3) is 0.278. The molecule has 28 heavy (non-hydrogen) atoms. The third-order valence-electron chi connectivity index (χ3n) is 4.25. The zero-order valence-corrected chi connectivity index (χ0v) is 17.1. The molecule has 1 aromatic carbocycles. The molecule has 0 aliphatic carbocycles. The number of anilines is 1. The second-order valence-corrected chi connectivity index (χ2v) is 8.81. The highest BCUT2D eigenvalue weighted by Gasteiger charge is 2.21. The molecule has 0 bridgehead atoms. The fourth-order valence-electron chi connectivity index (χ4n) is 2.78. The van der Waals surface area contributed by atoms with Crippen LogP contribution in [0.3, 0.4) is 0 Å². The van der Waals surface area contributed by atoms with Crippen molar-refractivity contribution in [1.82, 2.24) is 13.9 Å². The van der Waals surface area contributed by atoms with Gasteiger partial charge < -0.3 is 5.32 Å². The topological polar surface area (TPSA) is 101 Å². The quantitative estimate of drug-likeness (QED) is 0.631. The summed E-state index contributed by atoms with van der Waals surface area (Å²) in [6.45, 7) is 4.14. The molecule has 0 atom stereocenters. The molecule has 0 saturated carbocycles. The molecule has 2 heterocycles. The molecule has 0 saturated heterocycles. The molecule has 0 radical (unpaired) electrons. The number of fused-ring (bicyclic) bond motifs is 1. The van der Waals surface area contributed by atoms with Crippen LogP contribution in [-0.2, 0) is 21.4 Å². The highest BCUT2D eigenvalue weighted by Crippen LogP contribution is 2.18. The van der Waals surface area contributed by atoms with Gasteiger partial charge >= 0.3 is 0 Å². The molecular weight excluding hydrogens is 400 g/mol. The van der Waals surface area contributed by atoms with Gasteiger partial charge in [0.1, 0.15) is 11.4 Å². The number of nitrogens with zero attached hydrogens (tertiary/aromatic N) is 3. The minimum atomic E-state index is -3.55. The molecule has 8 nitrogen and oxygen atoms in total. The molecule has 2 aromatic heterocycles. The number of hydrogen-bond donors (Lipinski definition) is 1. The van der Waals surface area contributed by atoms with Crippen LogP contribution in [0.4, 0.5) is 5.69 Å². The summed E-state index contributed by atoms with van der Waals surface area (Å²) in [6.07, 6.45) is 1.35. The van der Waals surface area contributed by atoms with Crippen molar-refractivity contribution in [3.8, 4) is 0 Å². The Bertz CT molecular complexity index is 1150. The van der Waals surface area contributed by atoms with Gasteiger partial charge in [0.05, 0.1) is 16.6 Å². The van der Waals surface area contributed by atoms with Crippen molar-refractivity contribution in [2.24, 2.45) is 0 Å². The molecule has 1 amide bonds. The number of sulfonamides is 1. The van der Waals surface area contributed by atoms with E-state index in [0.717, 1.165) is 0 Å². The van der Waals surface area contributed by atoms with Crippen molar-refractivity contribution in [3.63, 3.8) is 0 Å². The summed E-state index contributed by atoms with van der Waals surface area (Å²) in [5, 5.41) is 4.92. The molecule has 0 unspecified atom stereocenters. The number of nitrogens with one attached hydrogen (secondary N) is 1. The number of thiophene rings is 1. The van der Waals surface area contributed by atoms with Crippen molar-refractivity contribution in [2.75, 3.05) is 18.4 Å². The van der Waals surface area contributed by atoms with Gasteiger partial charge in [-0.15, -0.1) is 11.3 Å². The van der Waals surface area contributed by atoms with Gasteiger partial charge in [0.25, 0.3) is 5.56 Å². The largest absolute Gasteiger partial charge is 0.325 e. The van der Waals surface area contributed by atoms with Crippen molar-refractivity contribution < 1.29 is 13.2 Å². The molecule has 3 aromatic rings. The number of amides is 1. The molecule has 0 aliphatic rings. The maximum absolute atomic E-state index is 12.5. The monoisotopic (exact) mass is 420 g/mol.